The predicted octanol–water partition coefficient (Wildman–Crippen LogP) is 3.27. The fourth-order valence-corrected chi connectivity index (χ4v) is 3.85. The Kier molecular flexibility index (Phi) is 10.1. The zero-order valence-electron chi connectivity index (χ0n) is 17.5. The molecule has 0 saturated carbocycles. The molecule has 3 unspecified atom stereocenters. The van der Waals surface area contributed by atoms with Gasteiger partial charge in [-0.25, -0.2) is 0 Å². The number of nitrogens with one attached hydrogen (secondary N) is 2. The Labute approximate surface area is 186 Å². The van der Waals surface area contributed by atoms with Crippen molar-refractivity contribution < 1.29 is 9.15 Å². The van der Waals surface area contributed by atoms with Gasteiger partial charge in [-0.15, -0.1) is 24.0 Å². The van der Waals surface area contributed by atoms with Gasteiger partial charge < -0.3 is 19.8 Å². The summed E-state index contributed by atoms with van der Waals surface area (Å²) in [6.07, 6.45) is 6.38. The Bertz CT molecular complexity index is 573. The van der Waals surface area contributed by atoms with Crippen molar-refractivity contribution in [3.05, 3.63) is 24.2 Å². The van der Waals surface area contributed by atoms with Gasteiger partial charge in [-0.2, -0.15) is 0 Å². The molecular weight excluding hydrogens is 467 g/mol. The summed E-state index contributed by atoms with van der Waals surface area (Å²) < 4.78 is 11.3. The van der Waals surface area contributed by atoms with Crippen LogP contribution in [0.3, 0.4) is 0 Å². The number of hydrogen-bond donors (Lipinski definition) is 2. The van der Waals surface area contributed by atoms with E-state index in [9.17, 15) is 0 Å². The number of furan rings is 1. The van der Waals surface area contributed by atoms with Crippen molar-refractivity contribution in [3.63, 3.8) is 0 Å². The van der Waals surface area contributed by atoms with Gasteiger partial charge in [-0.3, -0.25) is 9.89 Å². The minimum Gasteiger partial charge on any atom is -0.469 e. The van der Waals surface area contributed by atoms with E-state index in [1.54, 1.807) is 6.26 Å². The maximum Gasteiger partial charge on any atom is 0.191 e. The Morgan fingerprint density at radius 3 is 2.82 bits per heavy atom. The molecule has 28 heavy (non-hydrogen) atoms. The lowest BCUT2D eigenvalue weighted by molar-refractivity contribution is 0.0224. The van der Waals surface area contributed by atoms with Crippen molar-refractivity contribution in [1.29, 1.82) is 0 Å². The van der Waals surface area contributed by atoms with E-state index in [4.69, 9.17) is 14.1 Å². The van der Waals surface area contributed by atoms with Crippen molar-refractivity contribution in [2.45, 2.75) is 64.6 Å². The lowest BCUT2D eigenvalue weighted by Gasteiger charge is -2.24. The minimum atomic E-state index is 0. The highest BCUT2D eigenvalue weighted by Crippen LogP contribution is 2.18. The van der Waals surface area contributed by atoms with Gasteiger partial charge in [-0.1, -0.05) is 6.92 Å². The molecule has 2 fully saturated rings. The van der Waals surface area contributed by atoms with Crippen molar-refractivity contribution in [2.75, 3.05) is 32.8 Å². The second-order valence-corrected chi connectivity index (χ2v) is 8.21. The third kappa shape index (κ3) is 7.22. The van der Waals surface area contributed by atoms with Crippen LogP contribution in [0.4, 0.5) is 0 Å². The lowest BCUT2D eigenvalue weighted by Crippen LogP contribution is -2.47. The molecule has 3 rings (SSSR count). The van der Waals surface area contributed by atoms with E-state index in [1.165, 1.54) is 12.8 Å². The molecule has 0 aromatic carbocycles. The van der Waals surface area contributed by atoms with E-state index >= 15 is 0 Å². The van der Waals surface area contributed by atoms with Gasteiger partial charge in [0.05, 0.1) is 18.9 Å². The quantitative estimate of drug-likeness (QED) is 0.339. The third-order valence-electron chi connectivity index (χ3n) is 5.66. The predicted molar refractivity (Wildman–Crippen MR) is 125 cm³/mol. The number of likely N-dealkylation sites (tertiary alicyclic amines) is 1. The first kappa shape index (κ1) is 23.5. The van der Waals surface area contributed by atoms with Gasteiger partial charge in [0.25, 0.3) is 0 Å². The normalized spacial score (nSPS) is 26.3. The van der Waals surface area contributed by atoms with Crippen molar-refractivity contribution in [3.8, 4) is 0 Å². The SMILES string of the molecule is CC1CN(C(C)C)CC1NC(=NCC1CCCCO1)NCCc1ccco1.I. The van der Waals surface area contributed by atoms with Crippen molar-refractivity contribution >= 4 is 29.9 Å². The van der Waals surface area contributed by atoms with E-state index in [0.29, 0.717) is 18.0 Å². The number of rotatable bonds is 7. The van der Waals surface area contributed by atoms with Crippen LogP contribution in [0.15, 0.2) is 27.8 Å². The van der Waals surface area contributed by atoms with Gasteiger partial charge in [-0.05, 0) is 51.2 Å². The topological polar surface area (TPSA) is 62.0 Å². The Morgan fingerprint density at radius 1 is 1.32 bits per heavy atom. The summed E-state index contributed by atoms with van der Waals surface area (Å²) in [5, 5.41) is 7.18. The van der Waals surface area contributed by atoms with Crippen LogP contribution in [-0.2, 0) is 11.2 Å². The average molecular weight is 504 g/mol. The number of aliphatic imine (C=N–C) groups is 1. The van der Waals surface area contributed by atoms with E-state index in [2.05, 4.69) is 36.3 Å². The molecule has 2 N–H and O–H groups in total. The van der Waals surface area contributed by atoms with Gasteiger partial charge in [0.1, 0.15) is 5.76 Å². The molecule has 6 nitrogen and oxygen atoms in total. The lowest BCUT2D eigenvalue weighted by atomic mass is 10.1. The number of guanidine groups is 1. The Balaban J connectivity index is 0.00000280. The molecule has 1 aromatic rings. The van der Waals surface area contributed by atoms with Crippen molar-refractivity contribution in [2.24, 2.45) is 10.9 Å². The highest BCUT2D eigenvalue weighted by Gasteiger charge is 2.31. The van der Waals surface area contributed by atoms with Crippen LogP contribution in [0.1, 0.15) is 45.8 Å². The van der Waals surface area contributed by atoms with Gasteiger partial charge >= 0.3 is 0 Å². The molecule has 160 valence electrons. The van der Waals surface area contributed by atoms with E-state index < -0.39 is 0 Å². The molecule has 7 heteroatoms. The molecule has 3 heterocycles. The maximum absolute atomic E-state index is 5.85. The van der Waals surface area contributed by atoms with Crippen LogP contribution in [0.5, 0.6) is 0 Å². The summed E-state index contributed by atoms with van der Waals surface area (Å²) in [5.74, 6) is 2.51. The molecular formula is C21H37IN4O2. The summed E-state index contributed by atoms with van der Waals surface area (Å²) in [4.78, 5) is 7.39. The third-order valence-corrected chi connectivity index (χ3v) is 5.66. The van der Waals surface area contributed by atoms with Gasteiger partial charge in [0.2, 0.25) is 0 Å². The Hall–Kier alpha value is -0.800. The molecule has 2 saturated heterocycles. The zero-order chi connectivity index (χ0) is 19.1. The first-order chi connectivity index (χ1) is 13.1. The molecule has 0 bridgehead atoms. The van der Waals surface area contributed by atoms with Crippen LogP contribution >= 0.6 is 24.0 Å². The van der Waals surface area contributed by atoms with Crippen LogP contribution in [0.25, 0.3) is 0 Å². The average Bonchev–Trinajstić information content (AvgIpc) is 3.30. The molecule has 0 aliphatic carbocycles. The molecule has 0 radical (unpaired) electrons. The van der Waals surface area contributed by atoms with Crippen LogP contribution in [-0.4, -0.2) is 61.8 Å². The largest absolute Gasteiger partial charge is 0.469 e. The Morgan fingerprint density at radius 2 is 2.18 bits per heavy atom. The monoisotopic (exact) mass is 504 g/mol. The van der Waals surface area contributed by atoms with Crippen LogP contribution in [0.2, 0.25) is 0 Å². The summed E-state index contributed by atoms with van der Waals surface area (Å²) in [6, 6.07) is 4.96. The highest BCUT2D eigenvalue weighted by atomic mass is 127. The molecule has 3 atom stereocenters. The number of halogens is 1. The first-order valence-corrected chi connectivity index (χ1v) is 10.5. The number of ether oxygens (including phenoxy) is 1. The second kappa shape index (κ2) is 12.0. The van der Waals surface area contributed by atoms with Crippen LogP contribution < -0.4 is 10.6 Å². The summed E-state index contributed by atoms with van der Waals surface area (Å²) in [5.41, 5.74) is 0. The molecule has 2 aliphatic rings. The summed E-state index contributed by atoms with van der Waals surface area (Å²) in [7, 11) is 0. The standard InChI is InChI=1S/C21H36N4O2.HI/c1-16(2)25-14-17(3)20(15-25)24-21(22-10-9-18-8-6-12-26-18)23-13-19-7-4-5-11-27-19;/h6,8,12,16-17,19-20H,4-5,7,9-11,13-15H2,1-3H3,(H2,22,23,24);1H. The maximum atomic E-state index is 5.85. The van der Waals surface area contributed by atoms with E-state index in [1.807, 2.05) is 12.1 Å². The molecule has 2 aliphatic heterocycles. The molecule has 1 aromatic heterocycles. The van der Waals surface area contributed by atoms with E-state index in [-0.39, 0.29) is 30.1 Å². The number of nitrogens with zero attached hydrogens (tertiary/aromatic N) is 2. The van der Waals surface area contributed by atoms with Crippen molar-refractivity contribution in [1.82, 2.24) is 15.5 Å². The van der Waals surface area contributed by atoms with Gasteiger partial charge in [0, 0.05) is 44.7 Å². The first-order valence-electron chi connectivity index (χ1n) is 10.5. The summed E-state index contributed by atoms with van der Waals surface area (Å²) in [6.45, 7) is 11.5. The fourth-order valence-electron chi connectivity index (χ4n) is 3.85. The van der Waals surface area contributed by atoms with E-state index in [0.717, 1.165) is 57.3 Å². The number of hydrogen-bond acceptors (Lipinski definition) is 4. The zero-order valence-corrected chi connectivity index (χ0v) is 19.9. The highest BCUT2D eigenvalue weighted by molar-refractivity contribution is 14.0. The second-order valence-electron chi connectivity index (χ2n) is 8.21. The summed E-state index contributed by atoms with van der Waals surface area (Å²) >= 11 is 0. The smallest absolute Gasteiger partial charge is 0.191 e. The minimum absolute atomic E-state index is 0. The van der Waals surface area contributed by atoms with Crippen LogP contribution in [0, 0.1) is 5.92 Å². The molecule has 0 spiro atoms. The fraction of sp³-hybridized carbons (Fsp3) is 0.762. The molecule has 0 amide bonds. The van der Waals surface area contributed by atoms with Gasteiger partial charge in [0.15, 0.2) is 5.96 Å².